The molecule has 0 unspecified atom stereocenters. The topological polar surface area (TPSA) is 29.1 Å². The molecule has 0 radical (unpaired) electrons. The van der Waals surface area contributed by atoms with E-state index in [1.165, 1.54) is 9.47 Å². The number of nitrogens with zero attached hydrogens (tertiary/aromatic N) is 3. The maximum atomic E-state index is 11.2. The largest absolute Gasteiger partial charge is 0.415 e. The van der Waals surface area contributed by atoms with Crippen molar-refractivity contribution >= 4 is 6.03 Å². The van der Waals surface area contributed by atoms with Crippen LogP contribution in [0.2, 0.25) is 0 Å². The van der Waals surface area contributed by atoms with Gasteiger partial charge in [0.05, 0.1) is 7.05 Å². The van der Waals surface area contributed by atoms with E-state index in [1.807, 2.05) is 17.8 Å². The molecule has 4 nitrogen and oxygen atoms in total. The second-order valence-electron chi connectivity index (χ2n) is 2.66. The number of aryl methyl sites for hydroxylation is 1. The lowest BCUT2D eigenvalue weighted by atomic mass is 10.8. The zero-order valence-electron chi connectivity index (χ0n) is 7.98. The highest BCUT2D eigenvalue weighted by Gasteiger charge is 2.12. The Hall–Kier alpha value is -1.32. The molecule has 12 heavy (non-hydrogen) atoms. The van der Waals surface area contributed by atoms with E-state index in [4.69, 9.17) is 0 Å². The predicted octanol–water partition coefficient (Wildman–Crippen LogP) is 0.293. The van der Waals surface area contributed by atoms with Crippen molar-refractivity contribution in [3.63, 3.8) is 0 Å². The first-order valence-corrected chi connectivity index (χ1v) is 3.36. The Kier molecular flexibility index (Phi) is 3.47. The van der Waals surface area contributed by atoms with E-state index in [0.29, 0.717) is 0 Å². The number of carbonyl (C=O) groups excluding carboxylic acids is 1. The summed E-state index contributed by atoms with van der Waals surface area (Å²) in [7, 11) is 5.32. The average Bonchev–Trinajstić information content (AvgIpc) is 2.34. The Morgan fingerprint density at radius 1 is 1.50 bits per heavy atom. The molecule has 1 aromatic rings. The summed E-state index contributed by atoms with van der Waals surface area (Å²) in [5, 5.41) is 0. The number of amides is 1. The lowest BCUT2D eigenvalue weighted by Crippen LogP contribution is -2.29. The molecule has 0 spiro atoms. The minimum atomic E-state index is -0.0365. The summed E-state index contributed by atoms with van der Waals surface area (Å²) in [5.74, 6) is 0. The number of imidazole rings is 1. The van der Waals surface area contributed by atoms with Crippen molar-refractivity contribution in [2.24, 2.45) is 7.05 Å². The molecular formula is C8H15N3O. The third kappa shape index (κ3) is 2.08. The molecule has 0 bridgehead atoms. The van der Waals surface area contributed by atoms with Crippen molar-refractivity contribution in [2.75, 3.05) is 14.1 Å². The van der Waals surface area contributed by atoms with Gasteiger partial charge in [-0.2, -0.15) is 4.57 Å². The first-order valence-electron chi connectivity index (χ1n) is 3.36. The SMILES string of the molecule is CN(C)C(=O)n1cc[n+](C)c1.[CH3-]. The van der Waals surface area contributed by atoms with E-state index in [9.17, 15) is 4.79 Å². The van der Waals surface area contributed by atoms with Crippen molar-refractivity contribution < 1.29 is 9.36 Å². The van der Waals surface area contributed by atoms with Gasteiger partial charge in [0.25, 0.3) is 6.33 Å². The van der Waals surface area contributed by atoms with E-state index in [2.05, 4.69) is 0 Å². The van der Waals surface area contributed by atoms with E-state index in [-0.39, 0.29) is 13.5 Å². The van der Waals surface area contributed by atoms with Gasteiger partial charge in [-0.05, 0) is 0 Å². The summed E-state index contributed by atoms with van der Waals surface area (Å²) in [6.45, 7) is 0. The first kappa shape index (κ1) is 10.7. The number of aromatic nitrogens is 2. The number of hydrogen-bond donors (Lipinski definition) is 0. The summed E-state index contributed by atoms with van der Waals surface area (Å²) in [5.41, 5.74) is 0. The molecule has 0 saturated carbocycles. The zero-order valence-corrected chi connectivity index (χ0v) is 7.98. The van der Waals surface area contributed by atoms with Gasteiger partial charge in [-0.15, -0.1) is 0 Å². The maximum absolute atomic E-state index is 11.2. The first-order chi connectivity index (χ1) is 5.11. The van der Waals surface area contributed by atoms with Crippen molar-refractivity contribution in [3.05, 3.63) is 26.1 Å². The van der Waals surface area contributed by atoms with Crippen molar-refractivity contribution in [2.45, 2.75) is 0 Å². The minimum absolute atomic E-state index is 0. The third-order valence-electron chi connectivity index (χ3n) is 1.37. The highest BCUT2D eigenvalue weighted by Crippen LogP contribution is 1.87. The molecule has 0 atom stereocenters. The molecule has 0 aliphatic carbocycles. The van der Waals surface area contributed by atoms with Crippen LogP contribution in [0.15, 0.2) is 18.7 Å². The van der Waals surface area contributed by atoms with Gasteiger partial charge in [0, 0.05) is 14.1 Å². The van der Waals surface area contributed by atoms with Crippen LogP contribution < -0.4 is 4.57 Å². The van der Waals surface area contributed by atoms with Crippen LogP contribution in [-0.2, 0) is 7.05 Å². The summed E-state index contributed by atoms with van der Waals surface area (Å²) in [4.78, 5) is 12.8. The number of carbonyl (C=O) groups is 1. The molecule has 4 heteroatoms. The third-order valence-corrected chi connectivity index (χ3v) is 1.37. The Morgan fingerprint density at radius 2 is 2.08 bits per heavy atom. The number of hydrogen-bond acceptors (Lipinski definition) is 1. The quantitative estimate of drug-likeness (QED) is 0.405. The predicted molar refractivity (Wildman–Crippen MR) is 46.5 cm³/mol. The summed E-state index contributed by atoms with van der Waals surface area (Å²) < 4.78 is 3.35. The van der Waals surface area contributed by atoms with Crippen LogP contribution in [-0.4, -0.2) is 29.6 Å². The fraction of sp³-hybridized carbons (Fsp3) is 0.375. The van der Waals surface area contributed by atoms with E-state index in [1.54, 1.807) is 26.6 Å². The summed E-state index contributed by atoms with van der Waals surface area (Å²) in [6, 6.07) is -0.0365. The molecule has 0 N–H and O–H groups in total. The van der Waals surface area contributed by atoms with Gasteiger partial charge in [-0.3, -0.25) is 0 Å². The van der Waals surface area contributed by atoms with Crippen LogP contribution in [0.5, 0.6) is 0 Å². The standard InChI is InChI=1S/C7H12N3O.CH3/c1-8(2)7(11)10-5-4-9(3)6-10;/h4-6H,1-3H3;1H3/q+1;-1. The smallest absolute Gasteiger partial charge is 0.358 e. The number of rotatable bonds is 0. The maximum Gasteiger partial charge on any atom is 0.415 e. The monoisotopic (exact) mass is 169 g/mol. The highest BCUT2D eigenvalue weighted by molar-refractivity contribution is 5.75. The van der Waals surface area contributed by atoms with Crippen LogP contribution in [0.3, 0.4) is 0 Å². The summed E-state index contributed by atoms with van der Waals surface area (Å²) in [6.07, 6.45) is 5.27. The average molecular weight is 169 g/mol. The molecule has 0 aliphatic rings. The Morgan fingerprint density at radius 3 is 2.42 bits per heavy atom. The molecule has 68 valence electrons. The Labute approximate surface area is 73.0 Å². The van der Waals surface area contributed by atoms with Gasteiger partial charge in [0.1, 0.15) is 12.4 Å². The van der Waals surface area contributed by atoms with Gasteiger partial charge < -0.3 is 12.3 Å². The van der Waals surface area contributed by atoms with Gasteiger partial charge in [0.2, 0.25) is 0 Å². The van der Waals surface area contributed by atoms with Crippen molar-refractivity contribution in [1.29, 1.82) is 0 Å². The second kappa shape index (κ2) is 3.90. The normalized spacial score (nSPS) is 8.92. The van der Waals surface area contributed by atoms with Crippen LogP contribution in [0, 0.1) is 7.43 Å². The van der Waals surface area contributed by atoms with Gasteiger partial charge in [0.15, 0.2) is 0 Å². The molecular weight excluding hydrogens is 154 g/mol. The zero-order chi connectivity index (χ0) is 8.43. The molecule has 1 aromatic heterocycles. The molecule has 0 aromatic carbocycles. The van der Waals surface area contributed by atoms with Crippen molar-refractivity contribution in [1.82, 2.24) is 9.47 Å². The van der Waals surface area contributed by atoms with Crippen LogP contribution in [0.25, 0.3) is 0 Å². The lowest BCUT2D eigenvalue weighted by molar-refractivity contribution is -0.670. The molecule has 0 saturated heterocycles. The van der Waals surface area contributed by atoms with E-state index < -0.39 is 0 Å². The van der Waals surface area contributed by atoms with Crippen LogP contribution in [0.1, 0.15) is 0 Å². The Bertz CT molecular complexity index is 265. The summed E-state index contributed by atoms with van der Waals surface area (Å²) >= 11 is 0. The van der Waals surface area contributed by atoms with Gasteiger partial charge in [-0.25, -0.2) is 9.36 Å². The fourth-order valence-corrected chi connectivity index (χ4v) is 0.794. The van der Waals surface area contributed by atoms with Crippen LogP contribution >= 0.6 is 0 Å². The highest BCUT2D eigenvalue weighted by atomic mass is 16.2. The molecule has 1 heterocycles. The van der Waals surface area contributed by atoms with E-state index in [0.717, 1.165) is 0 Å². The second-order valence-corrected chi connectivity index (χ2v) is 2.66. The van der Waals surface area contributed by atoms with Crippen LogP contribution in [0.4, 0.5) is 4.79 Å². The molecule has 1 rings (SSSR count). The van der Waals surface area contributed by atoms with Gasteiger partial charge in [-0.1, -0.05) is 0 Å². The molecule has 0 fully saturated rings. The lowest BCUT2D eigenvalue weighted by Gasteiger charge is -2.03. The minimum Gasteiger partial charge on any atom is -0.358 e. The molecule has 1 amide bonds. The molecule has 0 aliphatic heterocycles. The van der Waals surface area contributed by atoms with Gasteiger partial charge >= 0.3 is 6.03 Å². The van der Waals surface area contributed by atoms with E-state index >= 15 is 0 Å². The fourth-order valence-electron chi connectivity index (χ4n) is 0.794. The van der Waals surface area contributed by atoms with Crippen molar-refractivity contribution in [3.8, 4) is 0 Å². The Balaban J connectivity index is 0.00000121.